The van der Waals surface area contributed by atoms with E-state index in [1.165, 1.54) is 6.92 Å². The molecule has 1 saturated heterocycles. The largest absolute Gasteiger partial charge is 0.384 e. The summed E-state index contributed by atoms with van der Waals surface area (Å²) in [6.07, 6.45) is 0.191. The molecule has 0 aliphatic carbocycles. The number of Topliss-reactive ketones (excluding diaryl/α,β-unsaturated/α-hetero) is 1. The first-order valence-electron chi connectivity index (χ1n) is 5.37. The molecule has 1 N–H and O–H groups in total. The zero-order valence-corrected chi connectivity index (χ0v) is 10.3. The number of benzene rings is 1. The molecule has 0 saturated carbocycles. The van der Waals surface area contributed by atoms with Crippen LogP contribution in [0.2, 0.25) is 0 Å². The van der Waals surface area contributed by atoms with Crippen LogP contribution < -0.4 is 0 Å². The van der Waals surface area contributed by atoms with E-state index in [-0.39, 0.29) is 23.7 Å². The molecule has 1 unspecified atom stereocenters. The van der Waals surface area contributed by atoms with E-state index in [0.29, 0.717) is 11.1 Å². The Hall–Kier alpha value is -1.20. The fourth-order valence-corrected chi connectivity index (χ4v) is 3.92. The van der Waals surface area contributed by atoms with Crippen LogP contribution in [-0.2, 0) is 15.4 Å². The predicted octanol–water partition coefficient (Wildman–Crippen LogP) is 0.895. The second-order valence-corrected chi connectivity index (χ2v) is 6.69. The number of hydrogen-bond acceptors (Lipinski definition) is 4. The topological polar surface area (TPSA) is 71.4 Å². The molecular weight excluding hydrogens is 240 g/mol. The van der Waals surface area contributed by atoms with Gasteiger partial charge >= 0.3 is 0 Å². The molecule has 0 amide bonds. The third kappa shape index (κ3) is 2.40. The second kappa shape index (κ2) is 3.92. The highest BCUT2D eigenvalue weighted by molar-refractivity contribution is 7.91. The van der Waals surface area contributed by atoms with Crippen LogP contribution >= 0.6 is 0 Å². The van der Waals surface area contributed by atoms with Crippen LogP contribution in [0.5, 0.6) is 0 Å². The molecule has 1 aromatic carbocycles. The molecule has 1 aromatic rings. The fraction of sp³-hybridized carbons (Fsp3) is 0.417. The van der Waals surface area contributed by atoms with Crippen molar-refractivity contribution < 1.29 is 18.3 Å². The minimum atomic E-state index is -3.17. The van der Waals surface area contributed by atoms with E-state index in [2.05, 4.69) is 0 Å². The number of sulfone groups is 1. The monoisotopic (exact) mass is 254 g/mol. The second-order valence-electron chi connectivity index (χ2n) is 4.51. The Kier molecular flexibility index (Phi) is 2.83. The summed E-state index contributed by atoms with van der Waals surface area (Å²) >= 11 is 0. The van der Waals surface area contributed by atoms with Crippen molar-refractivity contribution in [1.82, 2.24) is 0 Å². The van der Waals surface area contributed by atoms with Gasteiger partial charge in [-0.05, 0) is 25.0 Å². The lowest BCUT2D eigenvalue weighted by Crippen LogP contribution is -2.27. The van der Waals surface area contributed by atoms with Crippen molar-refractivity contribution in [3.05, 3.63) is 35.4 Å². The summed E-state index contributed by atoms with van der Waals surface area (Å²) in [4.78, 5) is 11.2. The number of ketones is 1. The maximum atomic E-state index is 11.4. The lowest BCUT2D eigenvalue weighted by atomic mass is 9.91. The Bertz CT molecular complexity index is 562. The van der Waals surface area contributed by atoms with Crippen molar-refractivity contribution in [3.63, 3.8) is 0 Å². The molecule has 5 heteroatoms. The molecule has 1 atom stereocenters. The van der Waals surface area contributed by atoms with Crippen LogP contribution in [0.1, 0.15) is 29.3 Å². The van der Waals surface area contributed by atoms with Gasteiger partial charge in [-0.15, -0.1) is 0 Å². The van der Waals surface area contributed by atoms with E-state index < -0.39 is 15.4 Å². The van der Waals surface area contributed by atoms with Gasteiger partial charge in [0.15, 0.2) is 15.6 Å². The predicted molar refractivity (Wildman–Crippen MR) is 63.6 cm³/mol. The molecule has 0 bridgehead atoms. The molecule has 2 rings (SSSR count). The van der Waals surface area contributed by atoms with Gasteiger partial charge in [0.05, 0.1) is 11.5 Å². The Labute approximate surface area is 100 Å². The zero-order chi connectivity index (χ0) is 12.7. The lowest BCUT2D eigenvalue weighted by molar-refractivity contribution is 0.0652. The van der Waals surface area contributed by atoms with Gasteiger partial charge in [0.25, 0.3) is 0 Å². The van der Waals surface area contributed by atoms with Crippen molar-refractivity contribution >= 4 is 15.6 Å². The van der Waals surface area contributed by atoms with Crippen molar-refractivity contribution in [2.75, 3.05) is 11.5 Å². The summed E-state index contributed by atoms with van der Waals surface area (Å²) in [6, 6.07) is 6.55. The molecule has 0 spiro atoms. The van der Waals surface area contributed by atoms with Crippen LogP contribution in [0.15, 0.2) is 24.3 Å². The zero-order valence-electron chi connectivity index (χ0n) is 9.51. The first kappa shape index (κ1) is 12.3. The van der Waals surface area contributed by atoms with Gasteiger partial charge in [0.1, 0.15) is 5.60 Å². The average Bonchev–Trinajstić information content (AvgIpc) is 2.55. The maximum Gasteiger partial charge on any atom is 0.159 e. The highest BCUT2D eigenvalue weighted by Gasteiger charge is 2.41. The van der Waals surface area contributed by atoms with Gasteiger partial charge in [0.2, 0.25) is 0 Å². The van der Waals surface area contributed by atoms with Crippen molar-refractivity contribution in [1.29, 1.82) is 0 Å². The van der Waals surface area contributed by atoms with Crippen molar-refractivity contribution in [2.24, 2.45) is 0 Å². The highest BCUT2D eigenvalue weighted by Crippen LogP contribution is 2.33. The number of carbonyl (C=O) groups is 1. The Morgan fingerprint density at radius 3 is 2.65 bits per heavy atom. The molecule has 1 heterocycles. The van der Waals surface area contributed by atoms with Crippen LogP contribution in [0.3, 0.4) is 0 Å². The quantitative estimate of drug-likeness (QED) is 0.796. The number of hydrogen-bond donors (Lipinski definition) is 1. The Morgan fingerprint density at radius 2 is 2.12 bits per heavy atom. The third-order valence-electron chi connectivity index (χ3n) is 3.09. The van der Waals surface area contributed by atoms with Crippen LogP contribution in [0, 0.1) is 0 Å². The Morgan fingerprint density at radius 1 is 1.41 bits per heavy atom. The third-order valence-corrected chi connectivity index (χ3v) is 4.84. The summed E-state index contributed by atoms with van der Waals surface area (Å²) < 4.78 is 22.8. The fourth-order valence-electron chi connectivity index (χ4n) is 2.09. The van der Waals surface area contributed by atoms with E-state index in [1.54, 1.807) is 24.3 Å². The van der Waals surface area contributed by atoms with Gasteiger partial charge in [0, 0.05) is 5.56 Å². The van der Waals surface area contributed by atoms with E-state index in [4.69, 9.17) is 0 Å². The smallest absolute Gasteiger partial charge is 0.159 e. The van der Waals surface area contributed by atoms with Crippen LogP contribution in [-0.4, -0.2) is 30.8 Å². The van der Waals surface area contributed by atoms with Gasteiger partial charge in [-0.3, -0.25) is 4.79 Å². The molecule has 92 valence electrons. The molecule has 4 nitrogen and oxygen atoms in total. The summed E-state index contributed by atoms with van der Waals surface area (Å²) in [7, 11) is -3.17. The van der Waals surface area contributed by atoms with Crippen LogP contribution in [0.4, 0.5) is 0 Å². The van der Waals surface area contributed by atoms with Gasteiger partial charge in [-0.2, -0.15) is 0 Å². The first-order chi connectivity index (χ1) is 7.82. The van der Waals surface area contributed by atoms with Crippen molar-refractivity contribution in [2.45, 2.75) is 18.9 Å². The van der Waals surface area contributed by atoms with Gasteiger partial charge in [-0.1, -0.05) is 18.2 Å². The summed E-state index contributed by atoms with van der Waals surface area (Å²) in [6.45, 7) is 1.44. The van der Waals surface area contributed by atoms with E-state index in [9.17, 15) is 18.3 Å². The Balaban J connectivity index is 2.41. The molecule has 1 fully saturated rings. The summed E-state index contributed by atoms with van der Waals surface area (Å²) in [5, 5.41) is 10.3. The number of rotatable bonds is 2. The molecule has 1 aliphatic rings. The minimum absolute atomic E-state index is 0.00615. The first-order valence-corrected chi connectivity index (χ1v) is 7.19. The lowest BCUT2D eigenvalue weighted by Gasteiger charge is -2.21. The maximum absolute atomic E-state index is 11.4. The van der Waals surface area contributed by atoms with E-state index in [0.717, 1.165) is 0 Å². The van der Waals surface area contributed by atoms with Gasteiger partial charge < -0.3 is 5.11 Å². The molecule has 1 aliphatic heterocycles. The van der Waals surface area contributed by atoms with Gasteiger partial charge in [-0.25, -0.2) is 8.42 Å². The SMILES string of the molecule is CC(=O)c1cccc(C2(O)CCS(=O)(=O)C2)c1. The molecule has 17 heavy (non-hydrogen) atoms. The summed E-state index contributed by atoms with van der Waals surface area (Å²) in [5.41, 5.74) is -0.351. The van der Waals surface area contributed by atoms with Crippen molar-refractivity contribution in [3.8, 4) is 0 Å². The van der Waals surface area contributed by atoms with Crippen LogP contribution in [0.25, 0.3) is 0 Å². The highest BCUT2D eigenvalue weighted by atomic mass is 32.2. The standard InChI is InChI=1S/C12H14O4S/c1-9(13)10-3-2-4-11(7-10)12(14)5-6-17(15,16)8-12/h2-4,7,14H,5-6,8H2,1H3. The normalized spacial score (nSPS) is 26.9. The minimum Gasteiger partial charge on any atom is -0.384 e. The van der Waals surface area contributed by atoms with E-state index >= 15 is 0 Å². The number of aliphatic hydroxyl groups is 1. The molecular formula is C12H14O4S. The molecule has 0 aromatic heterocycles. The number of carbonyl (C=O) groups excluding carboxylic acids is 1. The average molecular weight is 254 g/mol. The van der Waals surface area contributed by atoms with E-state index in [1.807, 2.05) is 0 Å². The summed E-state index contributed by atoms with van der Waals surface area (Å²) in [5.74, 6) is -0.369. The molecule has 0 radical (unpaired) electrons.